The lowest BCUT2D eigenvalue weighted by molar-refractivity contribution is -0.118. The normalized spacial score (nSPS) is 10.2. The average molecular weight is 262 g/mol. The van der Waals surface area contributed by atoms with Gasteiger partial charge < -0.3 is 10.6 Å². The fraction of sp³-hybridized carbons (Fsp3) is 0.467. The molecule has 0 atom stereocenters. The van der Waals surface area contributed by atoms with Crippen LogP contribution in [0.5, 0.6) is 0 Å². The van der Waals surface area contributed by atoms with Gasteiger partial charge in [-0.15, -0.1) is 0 Å². The molecule has 0 aliphatic heterocycles. The fourth-order valence-corrected chi connectivity index (χ4v) is 2.06. The van der Waals surface area contributed by atoms with Crippen molar-refractivity contribution in [2.75, 3.05) is 13.1 Å². The third-order valence-electron chi connectivity index (χ3n) is 3.38. The standard InChI is InChI=1S/C15H22N2O2/c1-9-8-10(2)12(4)14(11(9)3)15(19)17-7-6-16-13(5)18/h8H,6-7H2,1-5H3,(H,16,18)(H,17,19). The first-order chi connectivity index (χ1) is 8.84. The summed E-state index contributed by atoms with van der Waals surface area (Å²) in [6, 6.07) is 2.10. The molecule has 2 N–H and O–H groups in total. The Morgan fingerprint density at radius 1 is 0.947 bits per heavy atom. The molecule has 1 aromatic carbocycles. The average Bonchev–Trinajstić information content (AvgIpc) is 2.32. The summed E-state index contributed by atoms with van der Waals surface area (Å²) in [5, 5.41) is 5.49. The number of benzene rings is 1. The minimum Gasteiger partial charge on any atom is -0.355 e. The van der Waals surface area contributed by atoms with Crippen LogP contribution in [0.3, 0.4) is 0 Å². The van der Waals surface area contributed by atoms with Gasteiger partial charge in [0.15, 0.2) is 0 Å². The molecule has 0 spiro atoms. The van der Waals surface area contributed by atoms with Crippen LogP contribution in [-0.4, -0.2) is 24.9 Å². The van der Waals surface area contributed by atoms with E-state index in [1.54, 1.807) is 0 Å². The lowest BCUT2D eigenvalue weighted by Crippen LogP contribution is -2.34. The second kappa shape index (κ2) is 6.36. The Hall–Kier alpha value is -1.84. The van der Waals surface area contributed by atoms with Crippen LogP contribution in [0, 0.1) is 27.7 Å². The van der Waals surface area contributed by atoms with Gasteiger partial charge in [-0.05, 0) is 49.9 Å². The van der Waals surface area contributed by atoms with Crippen LogP contribution < -0.4 is 10.6 Å². The van der Waals surface area contributed by atoms with Crippen LogP contribution in [-0.2, 0) is 4.79 Å². The Bertz CT molecular complexity index is 481. The van der Waals surface area contributed by atoms with Crippen molar-refractivity contribution in [1.82, 2.24) is 10.6 Å². The van der Waals surface area contributed by atoms with E-state index >= 15 is 0 Å². The van der Waals surface area contributed by atoms with Gasteiger partial charge in [-0.1, -0.05) is 6.07 Å². The molecule has 4 heteroatoms. The molecular formula is C15H22N2O2. The van der Waals surface area contributed by atoms with E-state index in [1.807, 2.05) is 27.7 Å². The number of carbonyl (C=O) groups is 2. The monoisotopic (exact) mass is 262 g/mol. The molecule has 0 radical (unpaired) electrons. The van der Waals surface area contributed by atoms with Crippen molar-refractivity contribution in [1.29, 1.82) is 0 Å². The Morgan fingerprint density at radius 3 is 1.89 bits per heavy atom. The van der Waals surface area contributed by atoms with Crippen LogP contribution in [0.2, 0.25) is 0 Å². The van der Waals surface area contributed by atoms with Crippen LogP contribution in [0.1, 0.15) is 39.5 Å². The Labute approximate surface area is 114 Å². The van der Waals surface area contributed by atoms with Gasteiger partial charge in [0.2, 0.25) is 5.91 Å². The zero-order valence-electron chi connectivity index (χ0n) is 12.3. The van der Waals surface area contributed by atoms with Crippen LogP contribution in [0.25, 0.3) is 0 Å². The first-order valence-electron chi connectivity index (χ1n) is 6.44. The van der Waals surface area contributed by atoms with Gasteiger partial charge in [0.25, 0.3) is 5.91 Å². The van der Waals surface area contributed by atoms with Crippen molar-refractivity contribution < 1.29 is 9.59 Å². The second-order valence-electron chi connectivity index (χ2n) is 4.87. The molecule has 0 bridgehead atoms. The smallest absolute Gasteiger partial charge is 0.251 e. The lowest BCUT2D eigenvalue weighted by Gasteiger charge is -2.15. The first kappa shape index (κ1) is 15.2. The minimum atomic E-state index is -0.0898. The van der Waals surface area contributed by atoms with E-state index in [2.05, 4.69) is 16.7 Å². The van der Waals surface area contributed by atoms with E-state index in [-0.39, 0.29) is 11.8 Å². The Balaban J connectivity index is 2.80. The molecule has 1 aromatic rings. The molecule has 0 unspecified atom stereocenters. The van der Waals surface area contributed by atoms with Gasteiger partial charge in [-0.25, -0.2) is 0 Å². The van der Waals surface area contributed by atoms with Gasteiger partial charge in [0.05, 0.1) is 0 Å². The molecule has 0 aromatic heterocycles. The number of hydrogen-bond donors (Lipinski definition) is 2. The van der Waals surface area contributed by atoms with Gasteiger partial charge in [0, 0.05) is 25.6 Å². The highest BCUT2D eigenvalue weighted by molar-refractivity contribution is 5.97. The minimum absolute atomic E-state index is 0.0767. The Kier molecular flexibility index (Phi) is 5.10. The molecule has 0 aliphatic rings. The number of hydrogen-bond acceptors (Lipinski definition) is 2. The molecule has 19 heavy (non-hydrogen) atoms. The third kappa shape index (κ3) is 3.81. The third-order valence-corrected chi connectivity index (χ3v) is 3.38. The topological polar surface area (TPSA) is 58.2 Å². The molecule has 0 aliphatic carbocycles. The van der Waals surface area contributed by atoms with Gasteiger partial charge in [-0.2, -0.15) is 0 Å². The maximum absolute atomic E-state index is 12.2. The zero-order chi connectivity index (χ0) is 14.6. The maximum atomic E-state index is 12.2. The lowest BCUT2D eigenvalue weighted by atomic mass is 9.94. The summed E-state index contributed by atoms with van der Waals surface area (Å²) in [5.74, 6) is -0.167. The first-order valence-corrected chi connectivity index (χ1v) is 6.44. The van der Waals surface area contributed by atoms with Crippen LogP contribution >= 0.6 is 0 Å². The molecule has 1 rings (SSSR count). The van der Waals surface area contributed by atoms with E-state index in [0.717, 1.165) is 27.8 Å². The van der Waals surface area contributed by atoms with Gasteiger partial charge >= 0.3 is 0 Å². The van der Waals surface area contributed by atoms with E-state index in [9.17, 15) is 9.59 Å². The van der Waals surface area contributed by atoms with Crippen molar-refractivity contribution in [3.8, 4) is 0 Å². The van der Waals surface area contributed by atoms with Crippen molar-refractivity contribution in [3.63, 3.8) is 0 Å². The predicted octanol–water partition coefficient (Wildman–Crippen LogP) is 1.79. The molecule has 0 heterocycles. The quantitative estimate of drug-likeness (QED) is 0.813. The molecular weight excluding hydrogens is 240 g/mol. The highest BCUT2D eigenvalue weighted by atomic mass is 16.2. The summed E-state index contributed by atoms with van der Waals surface area (Å²) in [4.78, 5) is 22.9. The Morgan fingerprint density at radius 2 is 1.42 bits per heavy atom. The summed E-state index contributed by atoms with van der Waals surface area (Å²) >= 11 is 0. The maximum Gasteiger partial charge on any atom is 0.251 e. The van der Waals surface area contributed by atoms with Crippen molar-refractivity contribution in [2.45, 2.75) is 34.6 Å². The number of nitrogens with one attached hydrogen (secondary N) is 2. The van der Waals surface area contributed by atoms with Crippen molar-refractivity contribution in [2.24, 2.45) is 0 Å². The van der Waals surface area contributed by atoms with Gasteiger partial charge in [-0.3, -0.25) is 9.59 Å². The number of carbonyl (C=O) groups excluding carboxylic acids is 2. The van der Waals surface area contributed by atoms with E-state index in [0.29, 0.717) is 13.1 Å². The molecule has 104 valence electrons. The van der Waals surface area contributed by atoms with Gasteiger partial charge in [0.1, 0.15) is 0 Å². The molecule has 2 amide bonds. The van der Waals surface area contributed by atoms with Crippen molar-refractivity contribution in [3.05, 3.63) is 33.9 Å². The van der Waals surface area contributed by atoms with Crippen molar-refractivity contribution >= 4 is 11.8 Å². The summed E-state index contributed by atoms with van der Waals surface area (Å²) in [6.45, 7) is 10.3. The predicted molar refractivity (Wildman–Crippen MR) is 76.4 cm³/mol. The molecule has 0 fully saturated rings. The second-order valence-corrected chi connectivity index (χ2v) is 4.87. The molecule has 4 nitrogen and oxygen atoms in total. The van der Waals surface area contributed by atoms with Crippen LogP contribution in [0.4, 0.5) is 0 Å². The molecule has 0 saturated heterocycles. The summed E-state index contributed by atoms with van der Waals surface area (Å²) in [6.07, 6.45) is 0. The summed E-state index contributed by atoms with van der Waals surface area (Å²) in [5.41, 5.74) is 5.02. The highest BCUT2D eigenvalue weighted by Gasteiger charge is 2.15. The van der Waals surface area contributed by atoms with Crippen LogP contribution in [0.15, 0.2) is 6.07 Å². The SMILES string of the molecule is CC(=O)NCCNC(=O)c1c(C)c(C)cc(C)c1C. The summed E-state index contributed by atoms with van der Waals surface area (Å²) in [7, 11) is 0. The van der Waals surface area contributed by atoms with E-state index < -0.39 is 0 Å². The number of rotatable bonds is 4. The molecule has 0 saturated carbocycles. The highest BCUT2D eigenvalue weighted by Crippen LogP contribution is 2.21. The summed E-state index contributed by atoms with van der Waals surface area (Å²) < 4.78 is 0. The number of aryl methyl sites for hydroxylation is 2. The fourth-order valence-electron chi connectivity index (χ4n) is 2.06. The largest absolute Gasteiger partial charge is 0.355 e. The van der Waals surface area contributed by atoms with E-state index in [4.69, 9.17) is 0 Å². The zero-order valence-corrected chi connectivity index (χ0v) is 12.3. The van der Waals surface area contributed by atoms with E-state index in [1.165, 1.54) is 6.92 Å². The number of amides is 2.